The number of rotatable bonds is 3. The van der Waals surface area contributed by atoms with Crippen LogP contribution in [0.25, 0.3) is 22.7 Å². The van der Waals surface area contributed by atoms with E-state index >= 15 is 0 Å². The molecule has 0 aliphatic heterocycles. The molecule has 0 saturated heterocycles. The Hall–Kier alpha value is -2.17. The second-order valence-electron chi connectivity index (χ2n) is 5.24. The Morgan fingerprint density at radius 2 is 2.05 bits per heavy atom. The molecule has 0 spiro atoms. The summed E-state index contributed by atoms with van der Waals surface area (Å²) in [7, 11) is 0. The number of hydrogen-bond donors (Lipinski definition) is 1. The third kappa shape index (κ3) is 1.99. The Kier molecular flexibility index (Phi) is 3.04. The molecule has 3 heterocycles. The van der Waals surface area contributed by atoms with E-state index in [0.717, 1.165) is 40.5 Å². The maximum atomic E-state index is 4.70. The van der Waals surface area contributed by atoms with E-state index in [-0.39, 0.29) is 0 Å². The van der Waals surface area contributed by atoms with Gasteiger partial charge in [0.25, 0.3) is 0 Å². The number of pyridine rings is 1. The SMILES string of the molecule is CC[C@@H](C)n1nc(C)c2[nH]c(-c3cccc(C)n3)nc21. The second-order valence-corrected chi connectivity index (χ2v) is 5.24. The fraction of sp³-hybridized carbons (Fsp3) is 0.400. The summed E-state index contributed by atoms with van der Waals surface area (Å²) in [5.41, 5.74) is 4.75. The summed E-state index contributed by atoms with van der Waals surface area (Å²) < 4.78 is 2.00. The quantitative estimate of drug-likeness (QED) is 0.792. The maximum absolute atomic E-state index is 4.70. The molecule has 0 amide bonds. The molecule has 0 fully saturated rings. The highest BCUT2D eigenvalue weighted by Gasteiger charge is 2.17. The molecule has 5 nitrogen and oxygen atoms in total. The lowest BCUT2D eigenvalue weighted by Gasteiger charge is -2.08. The van der Waals surface area contributed by atoms with Crippen molar-refractivity contribution in [3.8, 4) is 11.5 Å². The first kappa shape index (κ1) is 12.8. The van der Waals surface area contributed by atoms with Crippen molar-refractivity contribution in [2.24, 2.45) is 0 Å². The second kappa shape index (κ2) is 4.74. The van der Waals surface area contributed by atoms with Crippen LogP contribution in [0.1, 0.15) is 37.7 Å². The van der Waals surface area contributed by atoms with Gasteiger partial charge in [0.1, 0.15) is 11.2 Å². The predicted molar refractivity (Wildman–Crippen MR) is 79.6 cm³/mol. The number of imidazole rings is 1. The summed E-state index contributed by atoms with van der Waals surface area (Å²) in [5, 5.41) is 4.58. The summed E-state index contributed by atoms with van der Waals surface area (Å²) in [4.78, 5) is 12.6. The van der Waals surface area contributed by atoms with Gasteiger partial charge >= 0.3 is 0 Å². The van der Waals surface area contributed by atoms with Crippen LogP contribution in [0.3, 0.4) is 0 Å². The van der Waals surface area contributed by atoms with Gasteiger partial charge in [-0.2, -0.15) is 5.10 Å². The minimum Gasteiger partial charge on any atom is -0.334 e. The van der Waals surface area contributed by atoms with Gasteiger partial charge in [0, 0.05) is 5.69 Å². The Balaban J connectivity index is 2.16. The molecule has 0 aliphatic rings. The molecule has 0 aromatic carbocycles. The topological polar surface area (TPSA) is 59.4 Å². The molecular weight excluding hydrogens is 250 g/mol. The van der Waals surface area contributed by atoms with Crippen LogP contribution in [0.2, 0.25) is 0 Å². The van der Waals surface area contributed by atoms with Gasteiger partial charge in [-0.25, -0.2) is 14.6 Å². The molecular formula is C15H19N5. The van der Waals surface area contributed by atoms with E-state index < -0.39 is 0 Å². The van der Waals surface area contributed by atoms with Crippen LogP contribution in [-0.4, -0.2) is 24.7 Å². The van der Waals surface area contributed by atoms with Gasteiger partial charge in [-0.15, -0.1) is 0 Å². The van der Waals surface area contributed by atoms with Crippen molar-refractivity contribution in [1.29, 1.82) is 0 Å². The molecule has 3 aromatic heterocycles. The molecule has 104 valence electrons. The molecule has 20 heavy (non-hydrogen) atoms. The average Bonchev–Trinajstić information content (AvgIpc) is 2.99. The van der Waals surface area contributed by atoms with Crippen molar-refractivity contribution in [2.75, 3.05) is 0 Å². The van der Waals surface area contributed by atoms with Gasteiger partial charge in [0.2, 0.25) is 0 Å². The first-order valence-electron chi connectivity index (χ1n) is 6.99. The lowest BCUT2D eigenvalue weighted by Crippen LogP contribution is -2.06. The van der Waals surface area contributed by atoms with Gasteiger partial charge < -0.3 is 4.98 Å². The van der Waals surface area contributed by atoms with Crippen molar-refractivity contribution in [3.05, 3.63) is 29.6 Å². The lowest BCUT2D eigenvalue weighted by atomic mass is 10.3. The normalized spacial score (nSPS) is 13.0. The predicted octanol–water partition coefficient (Wildman–Crippen LogP) is 3.41. The van der Waals surface area contributed by atoms with E-state index in [0.29, 0.717) is 6.04 Å². The third-order valence-electron chi connectivity index (χ3n) is 3.66. The van der Waals surface area contributed by atoms with Crippen LogP contribution in [0, 0.1) is 13.8 Å². The average molecular weight is 269 g/mol. The summed E-state index contributed by atoms with van der Waals surface area (Å²) in [6, 6.07) is 6.30. The minimum absolute atomic E-state index is 0.341. The number of hydrogen-bond acceptors (Lipinski definition) is 3. The van der Waals surface area contributed by atoms with Crippen LogP contribution in [0.4, 0.5) is 0 Å². The van der Waals surface area contributed by atoms with Crippen LogP contribution in [0.15, 0.2) is 18.2 Å². The van der Waals surface area contributed by atoms with Crippen molar-refractivity contribution < 1.29 is 0 Å². The van der Waals surface area contributed by atoms with Crippen molar-refractivity contribution in [2.45, 2.75) is 40.2 Å². The largest absolute Gasteiger partial charge is 0.334 e. The monoisotopic (exact) mass is 269 g/mol. The molecule has 1 N–H and O–H groups in total. The number of aromatic nitrogens is 5. The van der Waals surface area contributed by atoms with Gasteiger partial charge in [-0.3, -0.25) is 0 Å². The standard InChI is InChI=1S/C15H19N5/c1-5-10(3)20-15-13(11(4)19-20)17-14(18-15)12-8-6-7-9(2)16-12/h6-8,10H,5H2,1-4H3,(H,17,18)/t10-/m1/s1. The van der Waals surface area contributed by atoms with E-state index in [1.807, 2.05) is 36.7 Å². The van der Waals surface area contributed by atoms with E-state index in [1.165, 1.54) is 0 Å². The molecule has 0 saturated carbocycles. The van der Waals surface area contributed by atoms with Crippen LogP contribution >= 0.6 is 0 Å². The molecule has 1 atom stereocenters. The Bertz CT molecular complexity index is 753. The first-order chi connectivity index (χ1) is 9.60. The Labute approximate surface area is 118 Å². The zero-order valence-electron chi connectivity index (χ0n) is 12.3. The summed E-state index contributed by atoms with van der Waals surface area (Å²) in [5.74, 6) is 0.807. The number of aromatic amines is 1. The summed E-state index contributed by atoms with van der Waals surface area (Å²) in [6.45, 7) is 8.31. The number of fused-ring (bicyclic) bond motifs is 1. The van der Waals surface area contributed by atoms with Gasteiger partial charge in [0.15, 0.2) is 11.5 Å². The molecule has 0 aliphatic carbocycles. The fourth-order valence-electron chi connectivity index (χ4n) is 2.32. The minimum atomic E-state index is 0.341. The lowest BCUT2D eigenvalue weighted by molar-refractivity contribution is 0.487. The Morgan fingerprint density at radius 3 is 2.75 bits per heavy atom. The number of nitrogens with zero attached hydrogens (tertiary/aromatic N) is 4. The smallest absolute Gasteiger partial charge is 0.177 e. The maximum Gasteiger partial charge on any atom is 0.177 e. The highest BCUT2D eigenvalue weighted by atomic mass is 15.3. The summed E-state index contributed by atoms with van der Waals surface area (Å²) in [6.07, 6.45) is 1.03. The van der Waals surface area contributed by atoms with E-state index in [9.17, 15) is 0 Å². The first-order valence-corrected chi connectivity index (χ1v) is 6.99. The molecule has 5 heteroatoms. The van der Waals surface area contributed by atoms with Crippen LogP contribution < -0.4 is 0 Å². The molecule has 3 rings (SSSR count). The van der Waals surface area contributed by atoms with Crippen molar-refractivity contribution in [1.82, 2.24) is 24.7 Å². The van der Waals surface area contributed by atoms with Gasteiger partial charge in [-0.05, 0) is 39.3 Å². The molecule has 0 radical (unpaired) electrons. The van der Waals surface area contributed by atoms with Crippen LogP contribution in [0.5, 0.6) is 0 Å². The number of aryl methyl sites for hydroxylation is 2. The van der Waals surface area contributed by atoms with E-state index in [2.05, 4.69) is 28.9 Å². The fourth-order valence-corrected chi connectivity index (χ4v) is 2.32. The van der Waals surface area contributed by atoms with Crippen molar-refractivity contribution in [3.63, 3.8) is 0 Å². The highest BCUT2D eigenvalue weighted by Crippen LogP contribution is 2.24. The van der Waals surface area contributed by atoms with Gasteiger partial charge in [0.05, 0.1) is 11.7 Å². The zero-order valence-corrected chi connectivity index (χ0v) is 12.3. The van der Waals surface area contributed by atoms with E-state index in [4.69, 9.17) is 4.98 Å². The van der Waals surface area contributed by atoms with E-state index in [1.54, 1.807) is 0 Å². The van der Waals surface area contributed by atoms with Gasteiger partial charge in [-0.1, -0.05) is 13.0 Å². The number of nitrogens with one attached hydrogen (secondary N) is 1. The molecule has 0 unspecified atom stereocenters. The zero-order chi connectivity index (χ0) is 14.3. The third-order valence-corrected chi connectivity index (χ3v) is 3.66. The summed E-state index contributed by atoms with van der Waals surface area (Å²) >= 11 is 0. The van der Waals surface area contributed by atoms with Crippen molar-refractivity contribution >= 4 is 11.2 Å². The number of H-pyrrole nitrogens is 1. The highest BCUT2D eigenvalue weighted by molar-refractivity contribution is 5.78. The molecule has 0 bridgehead atoms. The molecule has 3 aromatic rings. The Morgan fingerprint density at radius 1 is 1.25 bits per heavy atom. The van der Waals surface area contributed by atoms with Crippen LogP contribution in [-0.2, 0) is 0 Å².